The number of nitrogens with zero attached hydrogens (tertiary/aromatic N) is 4. The molecule has 6 aromatic rings. The van der Waals surface area contributed by atoms with Gasteiger partial charge in [0.05, 0.1) is 14.7 Å². The molecule has 11 nitrogen and oxygen atoms in total. The molecule has 1 amide bonds. The normalized spacial score (nSPS) is 14.8. The number of sulfone groups is 1. The number of pyridine rings is 2. The first-order chi connectivity index (χ1) is 25.6. The third kappa shape index (κ3) is 7.93. The van der Waals surface area contributed by atoms with Crippen LogP contribution in [0.15, 0.2) is 137 Å². The first-order valence-corrected chi connectivity index (χ1v) is 20.4. The monoisotopic (exact) mass is 749 g/mol. The molecule has 0 unspecified atom stereocenters. The van der Waals surface area contributed by atoms with Gasteiger partial charge in [-0.15, -0.1) is 0 Å². The summed E-state index contributed by atoms with van der Waals surface area (Å²) in [4.78, 5) is 26.3. The molecule has 0 radical (unpaired) electrons. The number of phenolic OH excluding ortho intramolecular Hbond substituents is 1. The summed E-state index contributed by atoms with van der Waals surface area (Å²) < 4.78 is 59.7. The van der Waals surface area contributed by atoms with E-state index in [9.17, 15) is 26.7 Å². The number of hydrogen-bond donors (Lipinski definition) is 2. The molecule has 4 aromatic carbocycles. The second kappa shape index (κ2) is 15.4. The SMILES string of the molecule is O=C([C@H](Cc1ccc(O)cc1S(=O)(=O)c1cccc2cnccc12)NS(=O)(=O)c1cccc2cnccc12)N1CCN(CCCc2ccccc2)CC1. The van der Waals surface area contributed by atoms with Crippen LogP contribution in [0, 0.1) is 0 Å². The molecule has 1 saturated heterocycles. The van der Waals surface area contributed by atoms with E-state index in [1.807, 2.05) is 18.2 Å². The molecular formula is C40H39N5O6S2. The van der Waals surface area contributed by atoms with E-state index >= 15 is 0 Å². The maximum absolute atomic E-state index is 14.4. The molecule has 272 valence electrons. The lowest BCUT2D eigenvalue weighted by Gasteiger charge is -2.36. The minimum atomic E-state index is -4.32. The van der Waals surface area contributed by atoms with E-state index in [1.165, 1.54) is 42.2 Å². The van der Waals surface area contributed by atoms with Crippen molar-refractivity contribution in [1.29, 1.82) is 0 Å². The fraction of sp³-hybridized carbons (Fsp3) is 0.225. The number of piperazine rings is 1. The summed E-state index contributed by atoms with van der Waals surface area (Å²) in [5.41, 5.74) is 1.45. The number of carbonyl (C=O) groups excluding carboxylic acids is 1. The van der Waals surface area contributed by atoms with Gasteiger partial charge in [-0.2, -0.15) is 4.72 Å². The molecular weight excluding hydrogens is 711 g/mol. The topological polar surface area (TPSA) is 150 Å². The van der Waals surface area contributed by atoms with Gasteiger partial charge in [-0.05, 0) is 73.3 Å². The van der Waals surface area contributed by atoms with Crippen molar-refractivity contribution in [2.75, 3.05) is 32.7 Å². The number of aromatic nitrogens is 2. The highest BCUT2D eigenvalue weighted by molar-refractivity contribution is 7.91. The third-order valence-electron chi connectivity index (χ3n) is 9.69. The van der Waals surface area contributed by atoms with E-state index < -0.39 is 31.8 Å². The number of carbonyl (C=O) groups is 1. The predicted octanol–water partition coefficient (Wildman–Crippen LogP) is 4.99. The number of aryl methyl sites for hydroxylation is 1. The zero-order valence-electron chi connectivity index (χ0n) is 28.9. The largest absolute Gasteiger partial charge is 0.508 e. The van der Waals surface area contributed by atoms with Crippen LogP contribution in [0.3, 0.4) is 0 Å². The Bertz CT molecular complexity index is 2480. The number of aromatic hydroxyl groups is 1. The molecule has 0 spiro atoms. The van der Waals surface area contributed by atoms with Crippen LogP contribution >= 0.6 is 0 Å². The number of nitrogens with one attached hydrogen (secondary N) is 1. The summed E-state index contributed by atoms with van der Waals surface area (Å²) in [5, 5.41) is 12.6. The van der Waals surface area contributed by atoms with Gasteiger partial charge in [0.1, 0.15) is 11.8 Å². The molecule has 1 aliphatic rings. The Morgan fingerprint density at radius 2 is 1.38 bits per heavy atom. The zero-order valence-corrected chi connectivity index (χ0v) is 30.5. The highest BCUT2D eigenvalue weighted by atomic mass is 32.2. The Hall–Kier alpha value is -5.21. The van der Waals surface area contributed by atoms with Crippen molar-refractivity contribution in [3.63, 3.8) is 0 Å². The standard InChI is InChI=1S/C40H39N5O6S2/c46-33-15-14-30(39(26-33)52(48,49)37-12-4-10-31-27-41-18-16-34(31)37)25-36(43-53(50,51)38-13-5-11-32-28-42-19-17-35(32)38)40(47)45-23-21-44(22-24-45)20-6-9-29-7-2-1-3-8-29/h1-5,7-8,10-19,26-28,36,43,46H,6,9,20-25H2/t36-/m0/s1. The second-order valence-corrected chi connectivity index (χ2v) is 16.7. The number of amides is 1. The van der Waals surface area contributed by atoms with E-state index in [-0.39, 0.29) is 32.4 Å². The lowest BCUT2D eigenvalue weighted by molar-refractivity contribution is -0.134. The molecule has 0 aliphatic carbocycles. The van der Waals surface area contributed by atoms with Crippen LogP contribution < -0.4 is 4.72 Å². The Kier molecular flexibility index (Phi) is 10.5. The van der Waals surface area contributed by atoms with E-state index in [0.717, 1.165) is 25.5 Å². The highest BCUT2D eigenvalue weighted by Crippen LogP contribution is 2.33. The lowest BCUT2D eigenvalue weighted by Crippen LogP contribution is -2.55. The number of benzene rings is 4. The summed E-state index contributed by atoms with van der Waals surface area (Å²) in [7, 11) is -8.60. The van der Waals surface area contributed by atoms with Crippen LogP contribution in [0.4, 0.5) is 0 Å². The first kappa shape index (κ1) is 36.2. The van der Waals surface area contributed by atoms with Crippen LogP contribution in [0.5, 0.6) is 5.75 Å². The average Bonchev–Trinajstić information content (AvgIpc) is 3.18. The molecule has 0 bridgehead atoms. The smallest absolute Gasteiger partial charge is 0.241 e. The van der Waals surface area contributed by atoms with Crippen molar-refractivity contribution in [3.8, 4) is 5.75 Å². The molecule has 3 heterocycles. The fourth-order valence-electron chi connectivity index (χ4n) is 6.95. The summed E-state index contributed by atoms with van der Waals surface area (Å²) in [6.45, 7) is 2.86. The predicted molar refractivity (Wildman–Crippen MR) is 203 cm³/mol. The minimum Gasteiger partial charge on any atom is -0.508 e. The molecule has 1 atom stereocenters. The maximum Gasteiger partial charge on any atom is 0.241 e. The summed E-state index contributed by atoms with van der Waals surface area (Å²) >= 11 is 0. The second-order valence-electron chi connectivity index (χ2n) is 13.1. The Balaban J connectivity index is 1.19. The van der Waals surface area contributed by atoms with E-state index in [1.54, 1.807) is 53.7 Å². The lowest BCUT2D eigenvalue weighted by atomic mass is 10.0. The van der Waals surface area contributed by atoms with Crippen LogP contribution in [-0.2, 0) is 37.5 Å². The summed E-state index contributed by atoms with van der Waals surface area (Å²) in [6.07, 6.45) is 7.75. The Labute approximate surface area is 308 Å². The number of fused-ring (bicyclic) bond motifs is 2. The highest BCUT2D eigenvalue weighted by Gasteiger charge is 2.34. The van der Waals surface area contributed by atoms with Gasteiger partial charge in [-0.3, -0.25) is 19.7 Å². The maximum atomic E-state index is 14.4. The van der Waals surface area contributed by atoms with Crippen molar-refractivity contribution in [3.05, 3.63) is 133 Å². The van der Waals surface area contributed by atoms with Gasteiger partial charge in [0.15, 0.2) is 0 Å². The van der Waals surface area contributed by atoms with Gasteiger partial charge in [0.2, 0.25) is 25.8 Å². The van der Waals surface area contributed by atoms with Gasteiger partial charge in [-0.1, -0.05) is 60.7 Å². The molecule has 2 aromatic heterocycles. The number of rotatable bonds is 12. The first-order valence-electron chi connectivity index (χ1n) is 17.4. The molecule has 1 aliphatic heterocycles. The van der Waals surface area contributed by atoms with Crippen molar-refractivity contribution >= 4 is 47.3 Å². The zero-order chi connectivity index (χ0) is 37.0. The molecule has 7 rings (SSSR count). The van der Waals surface area contributed by atoms with Crippen molar-refractivity contribution in [2.45, 2.75) is 40.0 Å². The van der Waals surface area contributed by atoms with Gasteiger partial charge in [0.25, 0.3) is 0 Å². The van der Waals surface area contributed by atoms with Gasteiger partial charge >= 0.3 is 0 Å². The van der Waals surface area contributed by atoms with Crippen molar-refractivity contribution in [1.82, 2.24) is 24.5 Å². The molecule has 0 saturated carbocycles. The van der Waals surface area contributed by atoms with Crippen LogP contribution in [0.25, 0.3) is 21.5 Å². The van der Waals surface area contributed by atoms with Crippen molar-refractivity contribution < 1.29 is 26.7 Å². The molecule has 13 heteroatoms. The average molecular weight is 750 g/mol. The number of hydrogen-bond acceptors (Lipinski definition) is 9. The Morgan fingerprint density at radius 3 is 2.06 bits per heavy atom. The fourth-order valence-corrected chi connectivity index (χ4v) is 10.1. The minimum absolute atomic E-state index is 0.000424. The van der Waals surface area contributed by atoms with Gasteiger partial charge in [-0.25, -0.2) is 16.8 Å². The molecule has 1 fully saturated rings. The number of phenols is 1. The summed E-state index contributed by atoms with van der Waals surface area (Å²) in [6, 6.07) is 25.7. The Morgan fingerprint density at radius 1 is 0.736 bits per heavy atom. The molecule has 2 N–H and O–H groups in total. The van der Waals surface area contributed by atoms with Gasteiger partial charge < -0.3 is 10.0 Å². The van der Waals surface area contributed by atoms with E-state index in [4.69, 9.17) is 0 Å². The van der Waals surface area contributed by atoms with E-state index in [0.29, 0.717) is 47.7 Å². The quantitative estimate of drug-likeness (QED) is 0.177. The molecule has 53 heavy (non-hydrogen) atoms. The van der Waals surface area contributed by atoms with Crippen LogP contribution in [0.1, 0.15) is 17.5 Å². The van der Waals surface area contributed by atoms with Crippen LogP contribution in [-0.4, -0.2) is 86.4 Å². The third-order valence-corrected chi connectivity index (χ3v) is 13.1. The van der Waals surface area contributed by atoms with Crippen molar-refractivity contribution in [2.24, 2.45) is 0 Å². The van der Waals surface area contributed by atoms with Crippen LogP contribution in [0.2, 0.25) is 0 Å². The van der Waals surface area contributed by atoms with E-state index in [2.05, 4.69) is 31.7 Å². The summed E-state index contributed by atoms with van der Waals surface area (Å²) in [5.74, 6) is -0.752. The van der Waals surface area contributed by atoms with Gasteiger partial charge in [0, 0.05) is 72.5 Å². The number of sulfonamides is 1.